The molecule has 0 bridgehead atoms. The minimum atomic E-state index is 0.228. The third-order valence-corrected chi connectivity index (χ3v) is 4.75. The summed E-state index contributed by atoms with van der Waals surface area (Å²) in [7, 11) is 0. The topological polar surface area (TPSA) is 55.1 Å². The largest absolute Gasteiger partial charge is 0.356 e. The maximum atomic E-state index is 12.1. The predicted molar refractivity (Wildman–Crippen MR) is 74.1 cm³/mol. The number of nitrogens with two attached hydrogens (primary N) is 1. The van der Waals surface area contributed by atoms with Crippen LogP contribution in [0.25, 0.3) is 0 Å². The van der Waals surface area contributed by atoms with Crippen molar-refractivity contribution in [3.05, 3.63) is 0 Å². The fourth-order valence-corrected chi connectivity index (χ4v) is 3.52. The summed E-state index contributed by atoms with van der Waals surface area (Å²) >= 11 is 0. The lowest BCUT2D eigenvalue weighted by molar-refractivity contribution is -0.126. The normalized spacial score (nSPS) is 37.2. The smallest absolute Gasteiger partial charge is 0.223 e. The van der Waals surface area contributed by atoms with Crippen molar-refractivity contribution in [1.29, 1.82) is 0 Å². The molecule has 0 aromatic carbocycles. The van der Waals surface area contributed by atoms with E-state index in [0.29, 0.717) is 12.0 Å². The van der Waals surface area contributed by atoms with Crippen molar-refractivity contribution in [3.63, 3.8) is 0 Å². The van der Waals surface area contributed by atoms with Crippen LogP contribution >= 0.6 is 0 Å². The average Bonchev–Trinajstić information content (AvgIpc) is 2.37. The summed E-state index contributed by atoms with van der Waals surface area (Å²) in [5.74, 6) is 2.06. The first kappa shape index (κ1) is 13.9. The maximum Gasteiger partial charge on any atom is 0.223 e. The zero-order chi connectivity index (χ0) is 13.0. The van der Waals surface area contributed by atoms with Gasteiger partial charge in [0.25, 0.3) is 0 Å². The summed E-state index contributed by atoms with van der Waals surface area (Å²) < 4.78 is 0. The van der Waals surface area contributed by atoms with Gasteiger partial charge in [-0.1, -0.05) is 19.8 Å². The van der Waals surface area contributed by atoms with E-state index in [1.807, 2.05) is 0 Å². The Morgan fingerprint density at radius 2 is 1.89 bits per heavy atom. The number of carbonyl (C=O) groups is 1. The van der Waals surface area contributed by atoms with Crippen LogP contribution in [0.15, 0.2) is 0 Å². The summed E-state index contributed by atoms with van der Waals surface area (Å²) in [6.45, 7) is 3.22. The Hall–Kier alpha value is -0.570. The van der Waals surface area contributed by atoms with Gasteiger partial charge in [-0.3, -0.25) is 4.79 Å². The predicted octanol–water partition coefficient (Wildman–Crippen LogP) is 2.45. The van der Waals surface area contributed by atoms with E-state index in [-0.39, 0.29) is 11.8 Å². The SMILES string of the molecule is CC1CCCC(CNC(=O)C2CCC(N)CC2)C1. The second kappa shape index (κ2) is 6.55. The Labute approximate surface area is 111 Å². The molecule has 0 heterocycles. The van der Waals surface area contributed by atoms with Crippen molar-refractivity contribution in [2.75, 3.05) is 6.54 Å². The first-order chi connectivity index (χ1) is 8.65. The molecular weight excluding hydrogens is 224 g/mol. The van der Waals surface area contributed by atoms with Crippen LogP contribution in [0, 0.1) is 17.8 Å². The van der Waals surface area contributed by atoms with Gasteiger partial charge in [-0.25, -0.2) is 0 Å². The molecule has 2 atom stereocenters. The Morgan fingerprint density at radius 3 is 2.56 bits per heavy atom. The lowest BCUT2D eigenvalue weighted by Crippen LogP contribution is -2.38. The zero-order valence-corrected chi connectivity index (χ0v) is 11.7. The highest BCUT2D eigenvalue weighted by Crippen LogP contribution is 2.28. The van der Waals surface area contributed by atoms with Gasteiger partial charge >= 0.3 is 0 Å². The summed E-state index contributed by atoms with van der Waals surface area (Å²) in [6, 6.07) is 0.327. The average molecular weight is 252 g/mol. The number of carbonyl (C=O) groups excluding carboxylic acids is 1. The van der Waals surface area contributed by atoms with Crippen LogP contribution in [-0.2, 0) is 4.79 Å². The fourth-order valence-electron chi connectivity index (χ4n) is 3.52. The first-order valence-corrected chi connectivity index (χ1v) is 7.68. The molecule has 2 fully saturated rings. The van der Waals surface area contributed by atoms with Gasteiger partial charge in [0.15, 0.2) is 0 Å². The molecule has 2 rings (SSSR count). The molecule has 2 unspecified atom stereocenters. The molecule has 2 aliphatic rings. The van der Waals surface area contributed by atoms with Gasteiger partial charge in [0.1, 0.15) is 0 Å². The quantitative estimate of drug-likeness (QED) is 0.810. The van der Waals surface area contributed by atoms with E-state index in [1.54, 1.807) is 0 Å². The van der Waals surface area contributed by atoms with Crippen molar-refractivity contribution >= 4 is 5.91 Å². The number of hydrogen-bond acceptors (Lipinski definition) is 2. The van der Waals surface area contributed by atoms with E-state index in [4.69, 9.17) is 5.73 Å². The second-order valence-corrected chi connectivity index (χ2v) is 6.49. The van der Waals surface area contributed by atoms with Gasteiger partial charge < -0.3 is 11.1 Å². The lowest BCUT2D eigenvalue weighted by Gasteiger charge is -2.29. The van der Waals surface area contributed by atoms with E-state index in [1.165, 1.54) is 25.7 Å². The van der Waals surface area contributed by atoms with Crippen LogP contribution in [0.5, 0.6) is 0 Å². The zero-order valence-electron chi connectivity index (χ0n) is 11.7. The Morgan fingerprint density at radius 1 is 1.17 bits per heavy atom. The summed E-state index contributed by atoms with van der Waals surface area (Å²) in [4.78, 5) is 12.1. The molecular formula is C15H28N2O. The summed E-state index contributed by atoms with van der Waals surface area (Å²) in [5, 5.41) is 3.18. The summed E-state index contributed by atoms with van der Waals surface area (Å²) in [5.41, 5.74) is 5.87. The van der Waals surface area contributed by atoms with Crippen LogP contribution < -0.4 is 11.1 Å². The van der Waals surface area contributed by atoms with Gasteiger partial charge in [0.2, 0.25) is 5.91 Å². The Bertz CT molecular complexity index is 272. The third-order valence-electron chi connectivity index (χ3n) is 4.75. The van der Waals surface area contributed by atoms with Crippen LogP contribution in [0.2, 0.25) is 0 Å². The monoisotopic (exact) mass is 252 g/mol. The molecule has 3 nitrogen and oxygen atoms in total. The number of amides is 1. The van der Waals surface area contributed by atoms with Crippen LogP contribution in [0.3, 0.4) is 0 Å². The third kappa shape index (κ3) is 3.98. The van der Waals surface area contributed by atoms with Crippen molar-refractivity contribution in [1.82, 2.24) is 5.32 Å². The molecule has 18 heavy (non-hydrogen) atoms. The summed E-state index contributed by atoms with van der Waals surface area (Å²) in [6.07, 6.45) is 9.26. The number of nitrogens with one attached hydrogen (secondary N) is 1. The van der Waals surface area contributed by atoms with E-state index < -0.39 is 0 Å². The molecule has 2 saturated carbocycles. The van der Waals surface area contributed by atoms with Crippen LogP contribution in [0.4, 0.5) is 0 Å². The number of hydrogen-bond donors (Lipinski definition) is 2. The molecule has 1 amide bonds. The second-order valence-electron chi connectivity index (χ2n) is 6.49. The molecule has 104 valence electrons. The van der Waals surface area contributed by atoms with Gasteiger partial charge in [0.05, 0.1) is 0 Å². The molecule has 0 spiro atoms. The molecule has 0 saturated heterocycles. The Balaban J connectivity index is 1.68. The molecule has 3 N–H and O–H groups in total. The Kier molecular flexibility index (Phi) is 5.04. The van der Waals surface area contributed by atoms with Crippen molar-refractivity contribution in [2.45, 2.75) is 64.3 Å². The van der Waals surface area contributed by atoms with Crippen molar-refractivity contribution in [3.8, 4) is 0 Å². The lowest BCUT2D eigenvalue weighted by atomic mass is 9.82. The van der Waals surface area contributed by atoms with Gasteiger partial charge in [-0.2, -0.15) is 0 Å². The van der Waals surface area contributed by atoms with E-state index >= 15 is 0 Å². The molecule has 0 aliphatic heterocycles. The molecule has 0 aromatic rings. The minimum absolute atomic E-state index is 0.228. The highest BCUT2D eigenvalue weighted by molar-refractivity contribution is 5.78. The van der Waals surface area contributed by atoms with Crippen molar-refractivity contribution in [2.24, 2.45) is 23.5 Å². The van der Waals surface area contributed by atoms with E-state index in [2.05, 4.69) is 12.2 Å². The minimum Gasteiger partial charge on any atom is -0.356 e. The van der Waals surface area contributed by atoms with E-state index in [0.717, 1.165) is 38.1 Å². The van der Waals surface area contributed by atoms with Gasteiger partial charge in [0, 0.05) is 18.5 Å². The standard InChI is InChI=1S/C15H28N2O/c1-11-3-2-4-12(9-11)10-17-15(18)13-5-7-14(16)8-6-13/h11-14H,2-10,16H2,1H3,(H,17,18). The van der Waals surface area contributed by atoms with Gasteiger partial charge in [-0.05, 0) is 50.4 Å². The molecule has 0 aromatic heterocycles. The first-order valence-electron chi connectivity index (χ1n) is 7.68. The fraction of sp³-hybridized carbons (Fsp3) is 0.933. The van der Waals surface area contributed by atoms with E-state index in [9.17, 15) is 4.79 Å². The number of rotatable bonds is 3. The van der Waals surface area contributed by atoms with Crippen LogP contribution in [0.1, 0.15) is 58.3 Å². The van der Waals surface area contributed by atoms with Gasteiger partial charge in [-0.15, -0.1) is 0 Å². The molecule has 3 heteroatoms. The highest BCUT2D eigenvalue weighted by atomic mass is 16.1. The maximum absolute atomic E-state index is 12.1. The van der Waals surface area contributed by atoms with Crippen molar-refractivity contribution < 1.29 is 4.79 Å². The van der Waals surface area contributed by atoms with Crippen LogP contribution in [-0.4, -0.2) is 18.5 Å². The molecule has 0 radical (unpaired) electrons. The highest BCUT2D eigenvalue weighted by Gasteiger charge is 2.25. The molecule has 2 aliphatic carbocycles.